The molecule has 8 heteroatoms. The molecule has 2 heterocycles. The maximum absolute atomic E-state index is 13.3. The van der Waals surface area contributed by atoms with Gasteiger partial charge < -0.3 is 24.5 Å². The molecule has 0 saturated carbocycles. The third-order valence-corrected chi connectivity index (χ3v) is 6.69. The third-order valence-electron chi connectivity index (χ3n) is 6.69. The van der Waals surface area contributed by atoms with Gasteiger partial charge in [-0.3, -0.25) is 9.78 Å². The molecule has 1 amide bonds. The van der Waals surface area contributed by atoms with Gasteiger partial charge in [0.1, 0.15) is 11.3 Å². The van der Waals surface area contributed by atoms with Gasteiger partial charge in [0.05, 0.1) is 23.5 Å². The summed E-state index contributed by atoms with van der Waals surface area (Å²) in [6.07, 6.45) is 2.63. The Balaban J connectivity index is 1.64. The largest absolute Gasteiger partial charge is 0.508 e. The minimum atomic E-state index is -0.346. The minimum absolute atomic E-state index is 0.0635. The monoisotopic (exact) mass is 504 g/mol. The van der Waals surface area contributed by atoms with Crippen LogP contribution in [0.4, 0.5) is 5.69 Å². The number of hydrogen-bond acceptors (Lipinski definition) is 7. The van der Waals surface area contributed by atoms with Gasteiger partial charge in [-0.15, -0.1) is 0 Å². The molecule has 1 aliphatic heterocycles. The molecule has 1 fully saturated rings. The number of anilines is 1. The number of phenols is 1. The quantitative estimate of drug-likeness (QED) is 0.349. The second-order valence-electron chi connectivity index (χ2n) is 9.61. The molecule has 0 atom stereocenters. The van der Waals surface area contributed by atoms with Gasteiger partial charge in [-0.25, -0.2) is 4.79 Å². The maximum Gasteiger partial charge on any atom is 0.342 e. The van der Waals surface area contributed by atoms with Crippen molar-refractivity contribution in [3.8, 4) is 5.75 Å². The number of aryl methyl sites for hydroxylation is 1. The fraction of sp³-hybridized carbons (Fsp3) is 0.414. The first kappa shape index (κ1) is 26.4. The summed E-state index contributed by atoms with van der Waals surface area (Å²) in [6.45, 7) is 5.31. The van der Waals surface area contributed by atoms with E-state index in [1.807, 2.05) is 36.1 Å². The van der Waals surface area contributed by atoms with Crippen molar-refractivity contribution in [2.45, 2.75) is 26.2 Å². The first-order valence-corrected chi connectivity index (χ1v) is 13.0. The first-order chi connectivity index (χ1) is 17.9. The van der Waals surface area contributed by atoms with Crippen molar-refractivity contribution < 1.29 is 19.4 Å². The molecule has 37 heavy (non-hydrogen) atoms. The zero-order valence-electron chi connectivity index (χ0n) is 21.9. The molecule has 0 unspecified atom stereocenters. The lowest BCUT2D eigenvalue weighted by Crippen LogP contribution is -2.49. The summed E-state index contributed by atoms with van der Waals surface area (Å²) in [5.74, 6) is -0.276. The summed E-state index contributed by atoms with van der Waals surface area (Å²) in [5.41, 5.74) is 3.57. The number of rotatable bonds is 9. The smallest absolute Gasteiger partial charge is 0.342 e. The molecule has 0 spiro atoms. The lowest BCUT2D eigenvalue weighted by molar-refractivity contribution is 0.0524. The van der Waals surface area contributed by atoms with Crippen molar-refractivity contribution in [2.24, 2.45) is 0 Å². The van der Waals surface area contributed by atoms with Crippen molar-refractivity contribution in [1.29, 1.82) is 0 Å². The van der Waals surface area contributed by atoms with Crippen LogP contribution in [0.3, 0.4) is 0 Å². The number of aromatic hydroxyl groups is 1. The van der Waals surface area contributed by atoms with Crippen LogP contribution in [0.5, 0.6) is 5.75 Å². The van der Waals surface area contributed by atoms with Gasteiger partial charge in [0.25, 0.3) is 5.91 Å². The molecule has 2 aromatic carbocycles. The molecule has 1 N–H and O–H groups in total. The van der Waals surface area contributed by atoms with Crippen LogP contribution in [-0.2, 0) is 11.2 Å². The van der Waals surface area contributed by atoms with Crippen molar-refractivity contribution >= 4 is 28.5 Å². The lowest BCUT2D eigenvalue weighted by Gasteiger charge is -2.37. The highest BCUT2D eigenvalue weighted by atomic mass is 16.5. The number of phenolic OH excluding ortho intramolecular Hbond substituents is 1. The van der Waals surface area contributed by atoms with E-state index >= 15 is 0 Å². The predicted molar refractivity (Wildman–Crippen MR) is 145 cm³/mol. The molecule has 1 saturated heterocycles. The second kappa shape index (κ2) is 12.1. The third kappa shape index (κ3) is 6.20. The fourth-order valence-electron chi connectivity index (χ4n) is 4.81. The fourth-order valence-corrected chi connectivity index (χ4v) is 4.81. The summed E-state index contributed by atoms with van der Waals surface area (Å²) < 4.78 is 5.52. The Morgan fingerprint density at radius 3 is 2.38 bits per heavy atom. The topological polar surface area (TPSA) is 86.2 Å². The predicted octanol–water partition coefficient (Wildman–Crippen LogP) is 3.96. The van der Waals surface area contributed by atoms with Crippen LogP contribution in [0, 0.1) is 0 Å². The molecule has 0 aliphatic carbocycles. The zero-order chi connectivity index (χ0) is 26.4. The van der Waals surface area contributed by atoms with Crippen LogP contribution in [0.25, 0.3) is 10.9 Å². The van der Waals surface area contributed by atoms with E-state index in [1.54, 1.807) is 12.1 Å². The number of aromatic nitrogens is 1. The van der Waals surface area contributed by atoms with E-state index in [1.165, 1.54) is 12.1 Å². The van der Waals surface area contributed by atoms with Gasteiger partial charge >= 0.3 is 5.97 Å². The molecule has 3 aromatic rings. The van der Waals surface area contributed by atoms with E-state index in [0.29, 0.717) is 50.3 Å². The zero-order valence-corrected chi connectivity index (χ0v) is 21.9. The number of hydrogen-bond donors (Lipinski definition) is 1. The number of nitrogens with zero attached hydrogens (tertiary/aromatic N) is 4. The van der Waals surface area contributed by atoms with Crippen molar-refractivity contribution in [1.82, 2.24) is 14.8 Å². The summed E-state index contributed by atoms with van der Waals surface area (Å²) >= 11 is 0. The van der Waals surface area contributed by atoms with Crippen molar-refractivity contribution in [2.75, 3.05) is 58.3 Å². The number of benzene rings is 2. The lowest BCUT2D eigenvalue weighted by atomic mass is 10.00. The van der Waals surface area contributed by atoms with Crippen LogP contribution in [0.15, 0.2) is 48.5 Å². The van der Waals surface area contributed by atoms with Crippen molar-refractivity contribution in [3.63, 3.8) is 0 Å². The average molecular weight is 505 g/mol. The summed E-state index contributed by atoms with van der Waals surface area (Å²) in [5, 5.41) is 10.5. The number of amides is 1. The molecule has 4 rings (SSSR count). The Kier molecular flexibility index (Phi) is 8.61. The second-order valence-corrected chi connectivity index (χ2v) is 9.61. The van der Waals surface area contributed by atoms with Gasteiger partial charge in [0, 0.05) is 37.1 Å². The van der Waals surface area contributed by atoms with Crippen LogP contribution < -0.4 is 4.90 Å². The Hall–Kier alpha value is -3.65. The van der Waals surface area contributed by atoms with E-state index in [9.17, 15) is 14.7 Å². The number of para-hydroxylation sites is 1. The summed E-state index contributed by atoms with van der Waals surface area (Å²) in [6, 6.07) is 14.3. The first-order valence-electron chi connectivity index (χ1n) is 13.0. The Bertz CT molecular complexity index is 1230. The molecule has 0 bridgehead atoms. The summed E-state index contributed by atoms with van der Waals surface area (Å²) in [4.78, 5) is 37.4. The molecule has 1 aliphatic rings. The van der Waals surface area contributed by atoms with Gasteiger partial charge in [0.15, 0.2) is 0 Å². The Morgan fingerprint density at radius 1 is 1.00 bits per heavy atom. The molecular formula is C29H36N4O4. The maximum atomic E-state index is 13.3. The van der Waals surface area contributed by atoms with Crippen LogP contribution in [-0.4, -0.2) is 85.2 Å². The molecular weight excluding hydrogens is 468 g/mol. The Labute approximate surface area is 218 Å². The van der Waals surface area contributed by atoms with Gasteiger partial charge in [-0.2, -0.15) is 0 Å². The summed E-state index contributed by atoms with van der Waals surface area (Å²) in [7, 11) is 4.12. The van der Waals surface area contributed by atoms with E-state index in [4.69, 9.17) is 9.72 Å². The Morgan fingerprint density at radius 2 is 1.70 bits per heavy atom. The van der Waals surface area contributed by atoms with Gasteiger partial charge in [-0.05, 0) is 77.2 Å². The number of fused-ring (bicyclic) bond motifs is 1. The van der Waals surface area contributed by atoms with Gasteiger partial charge in [0.2, 0.25) is 0 Å². The SMILES string of the molecule is CCOC(=O)c1c(CCCCN(C)C)nc2ccccc2c1N1CCN(C(=O)c2ccc(O)cc2)CC1. The van der Waals surface area contributed by atoms with E-state index < -0.39 is 0 Å². The normalized spacial score (nSPS) is 13.8. The highest BCUT2D eigenvalue weighted by molar-refractivity contribution is 6.06. The van der Waals surface area contributed by atoms with E-state index in [2.05, 4.69) is 23.9 Å². The minimum Gasteiger partial charge on any atom is -0.508 e. The van der Waals surface area contributed by atoms with E-state index in [-0.39, 0.29) is 17.6 Å². The van der Waals surface area contributed by atoms with Gasteiger partial charge in [-0.1, -0.05) is 18.2 Å². The van der Waals surface area contributed by atoms with Crippen LogP contribution in [0.1, 0.15) is 46.2 Å². The number of pyridine rings is 1. The average Bonchev–Trinajstić information content (AvgIpc) is 2.90. The molecule has 1 aromatic heterocycles. The van der Waals surface area contributed by atoms with Crippen molar-refractivity contribution in [3.05, 3.63) is 65.4 Å². The number of carbonyl (C=O) groups is 2. The number of piperazine rings is 1. The standard InChI is InChI=1S/C29H36N4O4/c1-4-37-29(36)26-25(11-7-8-16-31(2)3)30-24-10-6-5-9-23(24)27(26)32-17-19-33(20-18-32)28(35)21-12-14-22(34)15-13-21/h5-6,9-10,12-15,34H,4,7-8,11,16-20H2,1-3H3. The molecule has 196 valence electrons. The number of ether oxygens (including phenoxy) is 1. The highest BCUT2D eigenvalue weighted by Gasteiger charge is 2.29. The van der Waals surface area contributed by atoms with E-state index in [0.717, 1.165) is 41.7 Å². The van der Waals surface area contributed by atoms with Crippen LogP contribution >= 0.6 is 0 Å². The number of unbranched alkanes of at least 4 members (excludes halogenated alkanes) is 1. The van der Waals surface area contributed by atoms with Crippen LogP contribution in [0.2, 0.25) is 0 Å². The number of carbonyl (C=O) groups excluding carboxylic acids is 2. The molecule has 0 radical (unpaired) electrons. The molecule has 8 nitrogen and oxygen atoms in total. The number of esters is 1. The highest BCUT2D eigenvalue weighted by Crippen LogP contribution is 2.34.